The largest absolute Gasteiger partial charge is 0.489 e. The summed E-state index contributed by atoms with van der Waals surface area (Å²) in [6.45, 7) is 5.80. The highest BCUT2D eigenvalue weighted by Gasteiger charge is 2.31. The molecule has 0 radical (unpaired) electrons. The van der Waals surface area contributed by atoms with Crippen LogP contribution >= 0.6 is 0 Å². The van der Waals surface area contributed by atoms with Crippen LogP contribution in [0.5, 0.6) is 5.75 Å². The van der Waals surface area contributed by atoms with Crippen LogP contribution in [0.15, 0.2) is 30.6 Å². The zero-order valence-electron chi connectivity index (χ0n) is 13.2. The fourth-order valence-electron chi connectivity index (χ4n) is 3.30. The molecule has 6 heteroatoms. The number of benzene rings is 1. The molecule has 2 aromatic rings. The lowest BCUT2D eigenvalue weighted by Crippen LogP contribution is -2.47. The Hall–Kier alpha value is -2.50. The molecule has 23 heavy (non-hydrogen) atoms. The van der Waals surface area contributed by atoms with Gasteiger partial charge < -0.3 is 14.5 Å². The maximum atomic E-state index is 12.7. The van der Waals surface area contributed by atoms with E-state index in [0.29, 0.717) is 19.6 Å². The lowest BCUT2D eigenvalue weighted by Gasteiger charge is -2.41. The van der Waals surface area contributed by atoms with Crippen molar-refractivity contribution >= 4 is 17.3 Å². The molecule has 0 spiro atoms. The number of aryl methyl sites for hydroxylation is 2. The van der Waals surface area contributed by atoms with Crippen LogP contribution in [0.4, 0.5) is 11.4 Å². The quantitative estimate of drug-likeness (QED) is 0.867. The zero-order chi connectivity index (χ0) is 15.8. The Kier molecular flexibility index (Phi) is 3.44. The van der Waals surface area contributed by atoms with Crippen LogP contribution in [-0.2, 0) is 11.3 Å². The number of hydrogen-bond acceptors (Lipinski definition) is 4. The summed E-state index contributed by atoms with van der Waals surface area (Å²) in [5.74, 6) is 1.02. The minimum Gasteiger partial charge on any atom is -0.489 e. The number of carbonyl (C=O) groups is 1. The van der Waals surface area contributed by atoms with Gasteiger partial charge in [0.1, 0.15) is 18.0 Å². The molecule has 1 aromatic carbocycles. The lowest BCUT2D eigenvalue weighted by atomic mass is 10.1. The Bertz CT molecular complexity index is 740. The first-order chi connectivity index (χ1) is 11.2. The minimum atomic E-state index is 0.136. The minimum absolute atomic E-state index is 0.136. The molecule has 2 aliphatic heterocycles. The van der Waals surface area contributed by atoms with Crippen molar-refractivity contribution in [3.63, 3.8) is 0 Å². The van der Waals surface area contributed by atoms with Crippen LogP contribution in [0.1, 0.15) is 12.0 Å². The van der Waals surface area contributed by atoms with Gasteiger partial charge >= 0.3 is 0 Å². The first-order valence-electron chi connectivity index (χ1n) is 8.02. The van der Waals surface area contributed by atoms with E-state index in [0.717, 1.165) is 42.3 Å². The Balaban J connectivity index is 1.54. The van der Waals surface area contributed by atoms with Crippen molar-refractivity contribution in [2.75, 3.05) is 36.0 Å². The van der Waals surface area contributed by atoms with Crippen molar-refractivity contribution < 1.29 is 9.53 Å². The number of ether oxygens (including phenoxy) is 1. The smallest absolute Gasteiger partial charge is 0.228 e. The van der Waals surface area contributed by atoms with Gasteiger partial charge in [-0.05, 0) is 24.6 Å². The Morgan fingerprint density at radius 2 is 2.22 bits per heavy atom. The van der Waals surface area contributed by atoms with Gasteiger partial charge in [0.25, 0.3) is 0 Å². The number of para-hydroxylation sites is 1. The summed E-state index contributed by atoms with van der Waals surface area (Å²) >= 11 is 0. The topological polar surface area (TPSA) is 50.6 Å². The van der Waals surface area contributed by atoms with E-state index in [1.165, 1.54) is 0 Å². The van der Waals surface area contributed by atoms with Crippen molar-refractivity contribution in [3.8, 4) is 5.75 Å². The molecule has 3 heterocycles. The fourth-order valence-corrected chi connectivity index (χ4v) is 3.30. The Labute approximate surface area is 135 Å². The summed E-state index contributed by atoms with van der Waals surface area (Å²) in [4.78, 5) is 16.9. The van der Waals surface area contributed by atoms with E-state index in [1.807, 2.05) is 47.1 Å². The third-order valence-corrected chi connectivity index (χ3v) is 4.42. The molecule has 0 bridgehead atoms. The van der Waals surface area contributed by atoms with Gasteiger partial charge in [0.2, 0.25) is 5.91 Å². The van der Waals surface area contributed by atoms with Crippen LogP contribution in [0.2, 0.25) is 0 Å². The molecule has 0 saturated heterocycles. The zero-order valence-corrected chi connectivity index (χ0v) is 13.2. The third kappa shape index (κ3) is 2.54. The van der Waals surface area contributed by atoms with Crippen LogP contribution < -0.4 is 14.5 Å². The number of amides is 1. The van der Waals surface area contributed by atoms with Gasteiger partial charge in [-0.2, -0.15) is 5.10 Å². The van der Waals surface area contributed by atoms with Crippen molar-refractivity contribution in [2.45, 2.75) is 19.9 Å². The van der Waals surface area contributed by atoms with Crippen molar-refractivity contribution in [2.24, 2.45) is 0 Å². The van der Waals surface area contributed by atoms with Gasteiger partial charge in [-0.25, -0.2) is 0 Å². The molecule has 2 aliphatic rings. The van der Waals surface area contributed by atoms with Crippen LogP contribution in [0.25, 0.3) is 0 Å². The van der Waals surface area contributed by atoms with Crippen molar-refractivity contribution in [1.82, 2.24) is 9.78 Å². The molecule has 0 saturated carbocycles. The second kappa shape index (κ2) is 5.61. The predicted molar refractivity (Wildman–Crippen MR) is 88.1 cm³/mol. The normalized spacial score (nSPS) is 16.0. The van der Waals surface area contributed by atoms with E-state index in [1.54, 1.807) is 0 Å². The third-order valence-electron chi connectivity index (χ3n) is 4.42. The number of rotatable bonds is 3. The van der Waals surface area contributed by atoms with Gasteiger partial charge in [-0.15, -0.1) is 0 Å². The number of nitrogens with zero attached hydrogens (tertiary/aromatic N) is 4. The summed E-state index contributed by atoms with van der Waals surface area (Å²) < 4.78 is 7.56. The standard InChI is InChI=1S/C17H20N4O2/c1-13-11-18-20(12-13)6-5-16(22)21-8-7-19-9-10-23-15-4-2-3-14(21)17(15)19/h2-4,11-12H,5-10H2,1H3. The summed E-state index contributed by atoms with van der Waals surface area (Å²) in [6, 6.07) is 5.95. The number of anilines is 2. The highest BCUT2D eigenvalue weighted by molar-refractivity contribution is 5.99. The van der Waals surface area contributed by atoms with Crippen LogP contribution in [0.3, 0.4) is 0 Å². The van der Waals surface area contributed by atoms with Gasteiger partial charge in [0.15, 0.2) is 0 Å². The highest BCUT2D eigenvalue weighted by Crippen LogP contribution is 2.42. The van der Waals surface area contributed by atoms with E-state index >= 15 is 0 Å². The SMILES string of the molecule is Cc1cnn(CCC(=O)N2CCN3CCOc4cccc2c43)c1. The average molecular weight is 312 g/mol. The van der Waals surface area contributed by atoms with E-state index in [-0.39, 0.29) is 5.91 Å². The molecular formula is C17H20N4O2. The van der Waals surface area contributed by atoms with Crippen LogP contribution in [0, 0.1) is 6.92 Å². The number of hydrogen-bond donors (Lipinski definition) is 0. The molecular weight excluding hydrogens is 292 g/mol. The van der Waals surface area contributed by atoms with Gasteiger partial charge in [0.05, 0.1) is 18.4 Å². The Morgan fingerprint density at radius 1 is 1.30 bits per heavy atom. The fraction of sp³-hybridized carbons (Fsp3) is 0.412. The van der Waals surface area contributed by atoms with Gasteiger partial charge in [0, 0.05) is 32.3 Å². The monoisotopic (exact) mass is 312 g/mol. The van der Waals surface area contributed by atoms with Gasteiger partial charge in [-0.1, -0.05) is 6.07 Å². The second-order valence-corrected chi connectivity index (χ2v) is 6.04. The molecule has 1 aromatic heterocycles. The number of aromatic nitrogens is 2. The van der Waals surface area contributed by atoms with E-state index in [9.17, 15) is 4.79 Å². The summed E-state index contributed by atoms with van der Waals surface area (Å²) in [5.41, 5.74) is 3.14. The van der Waals surface area contributed by atoms with Crippen LogP contribution in [-0.4, -0.2) is 41.9 Å². The molecule has 0 atom stereocenters. The molecule has 120 valence electrons. The first kappa shape index (κ1) is 14.1. The second-order valence-electron chi connectivity index (χ2n) is 6.04. The summed E-state index contributed by atoms with van der Waals surface area (Å²) in [5, 5.41) is 4.24. The van der Waals surface area contributed by atoms with Gasteiger partial charge in [-0.3, -0.25) is 9.48 Å². The highest BCUT2D eigenvalue weighted by atomic mass is 16.5. The average Bonchev–Trinajstić information content (AvgIpc) is 2.99. The summed E-state index contributed by atoms with van der Waals surface area (Å²) in [6.07, 6.45) is 4.23. The molecule has 0 unspecified atom stereocenters. The molecule has 0 fully saturated rings. The molecule has 4 rings (SSSR count). The van der Waals surface area contributed by atoms with Crippen molar-refractivity contribution in [1.29, 1.82) is 0 Å². The first-order valence-corrected chi connectivity index (χ1v) is 8.02. The Morgan fingerprint density at radius 3 is 3.04 bits per heavy atom. The number of carbonyl (C=O) groups excluding carboxylic acids is 1. The van der Waals surface area contributed by atoms with Crippen molar-refractivity contribution in [3.05, 3.63) is 36.2 Å². The molecule has 0 N–H and O–H groups in total. The van der Waals surface area contributed by atoms with E-state index in [2.05, 4.69) is 10.00 Å². The molecule has 0 aliphatic carbocycles. The summed E-state index contributed by atoms with van der Waals surface area (Å²) in [7, 11) is 0. The predicted octanol–water partition coefficient (Wildman–Crippen LogP) is 1.83. The van der Waals surface area contributed by atoms with E-state index < -0.39 is 0 Å². The maximum absolute atomic E-state index is 12.7. The molecule has 6 nitrogen and oxygen atoms in total. The maximum Gasteiger partial charge on any atom is 0.228 e. The molecule has 1 amide bonds. The van der Waals surface area contributed by atoms with E-state index in [4.69, 9.17) is 4.74 Å². The lowest BCUT2D eigenvalue weighted by molar-refractivity contribution is -0.118.